The van der Waals surface area contributed by atoms with Gasteiger partial charge in [0.1, 0.15) is 6.04 Å². The molecule has 2 atom stereocenters. The highest BCUT2D eigenvalue weighted by Gasteiger charge is 2.26. The van der Waals surface area contributed by atoms with Crippen LogP contribution in [0.2, 0.25) is 0 Å². The number of rotatable bonds is 14. The van der Waals surface area contributed by atoms with Crippen LogP contribution in [-0.4, -0.2) is 79.8 Å². The number of carbonyl (C=O) groups excluding carboxylic acids is 3. The van der Waals surface area contributed by atoms with Crippen molar-refractivity contribution in [3.8, 4) is 17.2 Å². The molecule has 0 saturated carbocycles. The largest absolute Gasteiger partial charge is 0.493 e. The SMILES string of the molecule is COC(=O)[C@H](CSCC(CC(=O)O)C(=O)c1cccnc1)NC(=O)Nc1cc(OC)c(OC)c(OC)c1. The van der Waals surface area contributed by atoms with Crippen LogP contribution in [0.25, 0.3) is 0 Å². The molecule has 0 saturated heterocycles. The zero-order valence-corrected chi connectivity index (χ0v) is 21.6. The number of benzene rings is 1. The molecule has 2 amide bonds. The molecule has 0 bridgehead atoms. The summed E-state index contributed by atoms with van der Waals surface area (Å²) >= 11 is 1.14. The van der Waals surface area contributed by atoms with Gasteiger partial charge in [-0.2, -0.15) is 11.8 Å². The number of esters is 1. The number of nitrogens with zero attached hydrogens (tertiary/aromatic N) is 1. The molecule has 0 aliphatic carbocycles. The van der Waals surface area contributed by atoms with Gasteiger partial charge >= 0.3 is 18.0 Å². The zero-order chi connectivity index (χ0) is 27.4. The van der Waals surface area contributed by atoms with Crippen molar-refractivity contribution in [2.45, 2.75) is 12.5 Å². The molecule has 0 aliphatic rings. The first-order chi connectivity index (χ1) is 17.7. The number of ether oxygens (including phenoxy) is 4. The fraction of sp³-hybridized carbons (Fsp3) is 0.375. The van der Waals surface area contributed by atoms with Gasteiger partial charge in [0.25, 0.3) is 0 Å². The summed E-state index contributed by atoms with van der Waals surface area (Å²) in [6.45, 7) is 0. The lowest BCUT2D eigenvalue weighted by molar-refractivity contribution is -0.142. The Hall–Kier alpha value is -4.00. The number of thioether (sulfide) groups is 1. The first kappa shape index (κ1) is 29.2. The highest BCUT2D eigenvalue weighted by molar-refractivity contribution is 7.99. The van der Waals surface area contributed by atoms with Crippen molar-refractivity contribution in [3.63, 3.8) is 0 Å². The first-order valence-corrected chi connectivity index (χ1v) is 12.1. The number of amides is 2. The fourth-order valence-corrected chi connectivity index (χ4v) is 4.44. The fourth-order valence-electron chi connectivity index (χ4n) is 3.30. The topological polar surface area (TPSA) is 162 Å². The van der Waals surface area contributed by atoms with Crippen LogP contribution < -0.4 is 24.8 Å². The number of ketones is 1. The van der Waals surface area contributed by atoms with Gasteiger partial charge in [-0.3, -0.25) is 14.6 Å². The Balaban J connectivity index is 2.07. The summed E-state index contributed by atoms with van der Waals surface area (Å²) in [4.78, 5) is 52.9. The minimum absolute atomic E-state index is 0.0335. The van der Waals surface area contributed by atoms with Gasteiger partial charge in [-0.1, -0.05) is 0 Å². The van der Waals surface area contributed by atoms with E-state index in [1.807, 2.05) is 0 Å². The summed E-state index contributed by atoms with van der Waals surface area (Å²) in [6, 6.07) is 4.39. The molecular formula is C24H29N3O9S. The molecule has 200 valence electrons. The van der Waals surface area contributed by atoms with E-state index in [1.165, 1.54) is 53.0 Å². The van der Waals surface area contributed by atoms with E-state index in [2.05, 4.69) is 15.6 Å². The molecule has 0 fully saturated rings. The van der Waals surface area contributed by atoms with E-state index < -0.39 is 36.4 Å². The lowest BCUT2D eigenvalue weighted by atomic mass is 9.97. The Labute approximate surface area is 218 Å². The van der Waals surface area contributed by atoms with Crippen molar-refractivity contribution in [1.29, 1.82) is 0 Å². The number of methoxy groups -OCH3 is 4. The smallest absolute Gasteiger partial charge is 0.329 e. The second kappa shape index (κ2) is 14.5. The van der Waals surface area contributed by atoms with E-state index in [-0.39, 0.29) is 17.3 Å². The van der Waals surface area contributed by atoms with Crippen LogP contribution in [0.4, 0.5) is 10.5 Å². The van der Waals surface area contributed by atoms with E-state index in [1.54, 1.807) is 12.1 Å². The molecule has 0 spiro atoms. The Morgan fingerprint density at radius 1 is 1.03 bits per heavy atom. The average Bonchev–Trinajstić information content (AvgIpc) is 2.90. The van der Waals surface area contributed by atoms with Crippen LogP contribution in [0, 0.1) is 5.92 Å². The quantitative estimate of drug-likeness (QED) is 0.241. The molecule has 0 aliphatic heterocycles. The highest BCUT2D eigenvalue weighted by atomic mass is 32.2. The molecule has 2 aromatic rings. The number of nitrogens with one attached hydrogen (secondary N) is 2. The minimum atomic E-state index is -1.13. The number of hydrogen-bond donors (Lipinski definition) is 3. The Morgan fingerprint density at radius 2 is 1.70 bits per heavy atom. The predicted octanol–water partition coefficient (Wildman–Crippen LogP) is 2.48. The molecule has 12 nitrogen and oxygen atoms in total. The third kappa shape index (κ3) is 8.56. The lowest BCUT2D eigenvalue weighted by Crippen LogP contribution is -2.45. The average molecular weight is 536 g/mol. The number of urea groups is 1. The lowest BCUT2D eigenvalue weighted by Gasteiger charge is -2.19. The van der Waals surface area contributed by atoms with Crippen LogP contribution in [0.3, 0.4) is 0 Å². The molecule has 1 heterocycles. The number of carboxylic acids is 1. The van der Waals surface area contributed by atoms with E-state index in [0.717, 1.165) is 11.8 Å². The summed E-state index contributed by atoms with van der Waals surface area (Å²) < 4.78 is 20.6. The molecule has 1 aromatic heterocycles. The van der Waals surface area contributed by atoms with Crippen LogP contribution in [0.15, 0.2) is 36.7 Å². The summed E-state index contributed by atoms with van der Waals surface area (Å²) in [5.74, 6) is -1.94. The standard InChI is InChI=1S/C24H29N3O9S/c1-33-18-9-16(10-19(34-2)22(18)35-3)26-24(32)27-17(23(31)36-4)13-37-12-15(8-20(28)29)21(30)14-6-5-7-25-11-14/h5-7,9-11,15,17H,8,12-13H2,1-4H3,(H,28,29)(H2,26,27,32)/t15?,17-/m0/s1. The van der Waals surface area contributed by atoms with Gasteiger partial charge < -0.3 is 34.7 Å². The normalized spacial score (nSPS) is 12.0. The molecule has 13 heteroatoms. The third-order valence-electron chi connectivity index (χ3n) is 5.06. The van der Waals surface area contributed by atoms with Crippen molar-refractivity contribution in [2.24, 2.45) is 5.92 Å². The highest BCUT2D eigenvalue weighted by Crippen LogP contribution is 2.39. The number of aliphatic carboxylic acids is 1. The summed E-state index contributed by atoms with van der Waals surface area (Å²) in [6.07, 6.45) is 2.49. The maximum Gasteiger partial charge on any atom is 0.329 e. The van der Waals surface area contributed by atoms with Gasteiger partial charge in [0.2, 0.25) is 5.75 Å². The summed E-state index contributed by atoms with van der Waals surface area (Å²) in [5, 5.41) is 14.4. The van der Waals surface area contributed by atoms with Gasteiger partial charge in [0.05, 0.1) is 40.5 Å². The predicted molar refractivity (Wildman–Crippen MR) is 136 cm³/mol. The zero-order valence-electron chi connectivity index (χ0n) is 20.8. The molecule has 37 heavy (non-hydrogen) atoms. The number of pyridine rings is 1. The van der Waals surface area contributed by atoms with Crippen LogP contribution in [-0.2, 0) is 14.3 Å². The van der Waals surface area contributed by atoms with Crippen LogP contribution in [0.5, 0.6) is 17.2 Å². The molecule has 0 radical (unpaired) electrons. The number of carbonyl (C=O) groups is 4. The first-order valence-electron chi connectivity index (χ1n) is 10.9. The van der Waals surface area contributed by atoms with Gasteiger partial charge in [0.15, 0.2) is 17.3 Å². The van der Waals surface area contributed by atoms with Crippen molar-refractivity contribution in [1.82, 2.24) is 10.3 Å². The monoisotopic (exact) mass is 535 g/mol. The maximum absolute atomic E-state index is 12.8. The van der Waals surface area contributed by atoms with E-state index in [4.69, 9.17) is 18.9 Å². The summed E-state index contributed by atoms with van der Waals surface area (Å²) in [7, 11) is 5.49. The van der Waals surface area contributed by atoms with E-state index in [9.17, 15) is 24.3 Å². The molecular weight excluding hydrogens is 506 g/mol. The summed E-state index contributed by atoms with van der Waals surface area (Å²) in [5.41, 5.74) is 0.605. The van der Waals surface area contributed by atoms with Gasteiger partial charge in [-0.05, 0) is 12.1 Å². The number of hydrogen-bond acceptors (Lipinski definition) is 10. The second-order valence-corrected chi connectivity index (χ2v) is 8.60. The molecule has 1 aromatic carbocycles. The van der Waals surface area contributed by atoms with E-state index >= 15 is 0 Å². The molecule has 3 N–H and O–H groups in total. The van der Waals surface area contributed by atoms with Crippen molar-refractivity contribution < 1.29 is 43.2 Å². The van der Waals surface area contributed by atoms with Gasteiger partial charge in [0, 0.05) is 47.5 Å². The maximum atomic E-state index is 12.8. The Bertz CT molecular complexity index is 1070. The number of Topliss-reactive ketones (excluding diaryl/α,β-unsaturated/α-hetero) is 1. The van der Waals surface area contributed by atoms with Gasteiger partial charge in [-0.15, -0.1) is 0 Å². The Kier molecular flexibility index (Phi) is 11.5. The van der Waals surface area contributed by atoms with Crippen molar-refractivity contribution in [3.05, 3.63) is 42.2 Å². The molecule has 1 unspecified atom stereocenters. The molecule has 2 rings (SSSR count). The Morgan fingerprint density at radius 3 is 2.22 bits per heavy atom. The van der Waals surface area contributed by atoms with Gasteiger partial charge in [-0.25, -0.2) is 9.59 Å². The third-order valence-corrected chi connectivity index (χ3v) is 6.26. The van der Waals surface area contributed by atoms with Crippen molar-refractivity contribution >= 4 is 41.2 Å². The van der Waals surface area contributed by atoms with E-state index in [0.29, 0.717) is 28.5 Å². The minimum Gasteiger partial charge on any atom is -0.493 e. The number of anilines is 1. The number of carboxylic acid groups (broad SMARTS) is 1. The second-order valence-electron chi connectivity index (χ2n) is 7.53. The van der Waals surface area contributed by atoms with Crippen LogP contribution >= 0.6 is 11.8 Å². The van der Waals surface area contributed by atoms with Crippen molar-refractivity contribution in [2.75, 3.05) is 45.3 Å². The number of aromatic nitrogens is 1. The van der Waals surface area contributed by atoms with Crippen LogP contribution in [0.1, 0.15) is 16.8 Å².